The molecule has 1 atom stereocenters. The molecule has 3 N–H and O–H groups in total. The van der Waals surface area contributed by atoms with E-state index in [0.29, 0.717) is 18.9 Å². The third kappa shape index (κ3) is 4.65. The van der Waals surface area contributed by atoms with E-state index in [9.17, 15) is 4.79 Å². The van der Waals surface area contributed by atoms with Gasteiger partial charge in [-0.05, 0) is 32.6 Å². The minimum atomic E-state index is 0. The highest BCUT2D eigenvalue weighted by molar-refractivity contribution is 5.85. The molecular weight excluding hydrogens is 299 g/mol. The molecule has 0 aliphatic heterocycles. The van der Waals surface area contributed by atoms with E-state index in [2.05, 4.69) is 10.4 Å². The van der Waals surface area contributed by atoms with Crippen LogP contribution in [0.5, 0.6) is 0 Å². The highest BCUT2D eigenvalue weighted by atomic mass is 35.5. The Labute approximate surface area is 132 Å². The van der Waals surface area contributed by atoms with Gasteiger partial charge in [0.15, 0.2) is 0 Å². The third-order valence-electron chi connectivity index (χ3n) is 3.76. The highest BCUT2D eigenvalue weighted by Crippen LogP contribution is 2.31. The van der Waals surface area contributed by atoms with Crippen molar-refractivity contribution >= 4 is 30.7 Å². The van der Waals surface area contributed by atoms with Gasteiger partial charge in [0.05, 0.1) is 12.1 Å². The van der Waals surface area contributed by atoms with Gasteiger partial charge in [0, 0.05) is 30.9 Å². The number of carbonyl (C=O) groups is 1. The maximum atomic E-state index is 11.9. The van der Waals surface area contributed by atoms with Gasteiger partial charge in [0.1, 0.15) is 0 Å². The first-order valence-corrected chi connectivity index (χ1v) is 6.50. The second kappa shape index (κ2) is 7.86. The standard InChI is InChI=1S/C13H22N4O.2ClH/c1-8-11(9(2)17(3)16-8)6-13(18)15-7-12(14)10-4-5-10;;/h10,12H,4-7,14H2,1-3H3,(H,15,18);2*1H. The Balaban J connectivity index is 0.00000180. The van der Waals surface area contributed by atoms with Crippen molar-refractivity contribution < 1.29 is 4.79 Å². The van der Waals surface area contributed by atoms with E-state index in [1.165, 1.54) is 12.8 Å². The number of carbonyl (C=O) groups excluding carboxylic acids is 1. The quantitative estimate of drug-likeness (QED) is 0.857. The molecule has 1 aromatic rings. The molecule has 1 aromatic heterocycles. The van der Waals surface area contributed by atoms with E-state index >= 15 is 0 Å². The molecular formula is C13H24Cl2N4O. The number of hydrogen-bond acceptors (Lipinski definition) is 3. The van der Waals surface area contributed by atoms with Crippen molar-refractivity contribution in [1.82, 2.24) is 15.1 Å². The summed E-state index contributed by atoms with van der Waals surface area (Å²) < 4.78 is 1.81. The summed E-state index contributed by atoms with van der Waals surface area (Å²) >= 11 is 0. The Morgan fingerprint density at radius 2 is 2.05 bits per heavy atom. The van der Waals surface area contributed by atoms with Gasteiger partial charge in [0.2, 0.25) is 5.91 Å². The molecule has 1 amide bonds. The van der Waals surface area contributed by atoms with E-state index in [1.807, 2.05) is 25.6 Å². The first kappa shape index (κ1) is 19.2. The van der Waals surface area contributed by atoms with Gasteiger partial charge >= 0.3 is 0 Å². The summed E-state index contributed by atoms with van der Waals surface area (Å²) in [4.78, 5) is 11.9. The maximum Gasteiger partial charge on any atom is 0.224 e. The summed E-state index contributed by atoms with van der Waals surface area (Å²) in [6.45, 7) is 4.51. The summed E-state index contributed by atoms with van der Waals surface area (Å²) in [7, 11) is 1.90. The molecule has 116 valence electrons. The monoisotopic (exact) mass is 322 g/mol. The molecule has 20 heavy (non-hydrogen) atoms. The van der Waals surface area contributed by atoms with Crippen molar-refractivity contribution in [3.63, 3.8) is 0 Å². The molecule has 1 aliphatic carbocycles. The largest absolute Gasteiger partial charge is 0.354 e. The lowest BCUT2D eigenvalue weighted by atomic mass is 10.1. The smallest absolute Gasteiger partial charge is 0.224 e. The normalized spacial score (nSPS) is 15.0. The zero-order chi connectivity index (χ0) is 13.3. The van der Waals surface area contributed by atoms with Crippen molar-refractivity contribution in [2.24, 2.45) is 18.7 Å². The average Bonchev–Trinajstić information content (AvgIpc) is 3.12. The number of hydrogen-bond donors (Lipinski definition) is 2. The zero-order valence-electron chi connectivity index (χ0n) is 12.2. The second-order valence-corrected chi connectivity index (χ2v) is 5.26. The summed E-state index contributed by atoms with van der Waals surface area (Å²) in [5, 5.41) is 7.22. The zero-order valence-corrected chi connectivity index (χ0v) is 13.8. The third-order valence-corrected chi connectivity index (χ3v) is 3.76. The average molecular weight is 323 g/mol. The van der Waals surface area contributed by atoms with Crippen LogP contribution in [-0.4, -0.2) is 28.3 Å². The molecule has 0 saturated heterocycles. The first-order valence-electron chi connectivity index (χ1n) is 6.50. The number of nitrogens with zero attached hydrogens (tertiary/aromatic N) is 2. The van der Waals surface area contributed by atoms with Gasteiger partial charge in [-0.25, -0.2) is 0 Å². The summed E-state index contributed by atoms with van der Waals surface area (Å²) in [6.07, 6.45) is 2.80. The molecule has 7 heteroatoms. The molecule has 1 saturated carbocycles. The van der Waals surface area contributed by atoms with Gasteiger partial charge in [0.25, 0.3) is 0 Å². The number of halogens is 2. The Morgan fingerprint density at radius 1 is 1.45 bits per heavy atom. The Kier molecular flexibility index (Phi) is 7.55. The topological polar surface area (TPSA) is 72.9 Å². The van der Waals surface area contributed by atoms with Crippen LogP contribution in [0.25, 0.3) is 0 Å². The second-order valence-electron chi connectivity index (χ2n) is 5.26. The van der Waals surface area contributed by atoms with Crippen LogP contribution in [0.3, 0.4) is 0 Å². The van der Waals surface area contributed by atoms with Gasteiger partial charge in [-0.1, -0.05) is 0 Å². The van der Waals surface area contributed by atoms with Gasteiger partial charge in [-0.15, -0.1) is 24.8 Å². The SMILES string of the molecule is Cc1nn(C)c(C)c1CC(=O)NCC(N)C1CC1.Cl.Cl. The minimum Gasteiger partial charge on any atom is -0.354 e. The summed E-state index contributed by atoms with van der Waals surface area (Å²) in [5.74, 6) is 0.650. The molecule has 0 aromatic carbocycles. The molecule has 0 radical (unpaired) electrons. The van der Waals surface area contributed by atoms with Crippen molar-refractivity contribution in [2.45, 2.75) is 39.2 Å². The molecule has 1 fully saturated rings. The number of amides is 1. The van der Waals surface area contributed by atoms with Crippen LogP contribution in [0.2, 0.25) is 0 Å². The lowest BCUT2D eigenvalue weighted by Crippen LogP contribution is -2.39. The fraction of sp³-hybridized carbons (Fsp3) is 0.692. The lowest BCUT2D eigenvalue weighted by molar-refractivity contribution is -0.120. The van der Waals surface area contributed by atoms with E-state index < -0.39 is 0 Å². The summed E-state index contributed by atoms with van der Waals surface area (Å²) in [5.41, 5.74) is 8.95. The fourth-order valence-corrected chi connectivity index (χ4v) is 2.22. The fourth-order valence-electron chi connectivity index (χ4n) is 2.22. The first-order chi connectivity index (χ1) is 8.49. The van der Waals surface area contributed by atoms with Gasteiger partial charge in [-0.2, -0.15) is 5.10 Å². The van der Waals surface area contributed by atoms with Crippen LogP contribution in [0.4, 0.5) is 0 Å². The van der Waals surface area contributed by atoms with E-state index in [-0.39, 0.29) is 36.8 Å². The van der Waals surface area contributed by atoms with E-state index in [0.717, 1.165) is 17.0 Å². The molecule has 2 rings (SSSR count). The minimum absolute atomic E-state index is 0. The van der Waals surface area contributed by atoms with Crippen molar-refractivity contribution in [3.05, 3.63) is 17.0 Å². The van der Waals surface area contributed by atoms with Crippen LogP contribution < -0.4 is 11.1 Å². The molecule has 1 unspecified atom stereocenters. The number of nitrogens with one attached hydrogen (secondary N) is 1. The summed E-state index contributed by atoms with van der Waals surface area (Å²) in [6, 6.07) is 0.116. The predicted octanol–water partition coefficient (Wildman–Crippen LogP) is 1.28. The van der Waals surface area contributed by atoms with E-state index in [4.69, 9.17) is 5.73 Å². The number of nitrogens with two attached hydrogens (primary N) is 1. The number of rotatable bonds is 5. The van der Waals surface area contributed by atoms with Crippen LogP contribution in [0.15, 0.2) is 0 Å². The van der Waals surface area contributed by atoms with Crippen molar-refractivity contribution in [3.8, 4) is 0 Å². The molecule has 1 aliphatic rings. The lowest BCUT2D eigenvalue weighted by Gasteiger charge is -2.11. The van der Waals surface area contributed by atoms with Gasteiger partial charge in [-0.3, -0.25) is 9.48 Å². The maximum absolute atomic E-state index is 11.9. The van der Waals surface area contributed by atoms with Crippen LogP contribution in [0, 0.1) is 19.8 Å². The molecule has 1 heterocycles. The van der Waals surface area contributed by atoms with Crippen LogP contribution in [0.1, 0.15) is 29.8 Å². The van der Waals surface area contributed by atoms with Gasteiger partial charge < -0.3 is 11.1 Å². The Bertz CT molecular complexity index is 457. The Morgan fingerprint density at radius 3 is 2.50 bits per heavy atom. The highest BCUT2D eigenvalue weighted by Gasteiger charge is 2.28. The van der Waals surface area contributed by atoms with E-state index in [1.54, 1.807) is 0 Å². The molecule has 5 nitrogen and oxygen atoms in total. The van der Waals surface area contributed by atoms with Crippen LogP contribution >= 0.6 is 24.8 Å². The predicted molar refractivity (Wildman–Crippen MR) is 84.6 cm³/mol. The molecule has 0 spiro atoms. The number of aryl methyl sites for hydroxylation is 2. The number of aromatic nitrogens is 2. The molecule has 0 bridgehead atoms. The van der Waals surface area contributed by atoms with Crippen molar-refractivity contribution in [2.75, 3.05) is 6.54 Å². The van der Waals surface area contributed by atoms with Crippen LogP contribution in [-0.2, 0) is 18.3 Å². The Hall–Kier alpha value is -0.780. The van der Waals surface area contributed by atoms with Crippen molar-refractivity contribution in [1.29, 1.82) is 0 Å².